The van der Waals surface area contributed by atoms with Crippen LogP contribution >= 0.6 is 0 Å². The van der Waals surface area contributed by atoms with E-state index < -0.39 is 0 Å². The number of hydrogen-bond acceptors (Lipinski definition) is 2. The van der Waals surface area contributed by atoms with Crippen molar-refractivity contribution in [1.29, 1.82) is 5.26 Å². The SMILES string of the molecule is N#CCC[C@H]1CC[C@H](O)CC1. The number of nitriles is 1. The molecule has 11 heavy (non-hydrogen) atoms. The third-order valence-electron chi connectivity index (χ3n) is 2.48. The first-order valence-corrected chi connectivity index (χ1v) is 4.38. The van der Waals surface area contributed by atoms with Crippen molar-refractivity contribution >= 4 is 0 Å². The normalized spacial score (nSPS) is 31.3. The van der Waals surface area contributed by atoms with Crippen molar-refractivity contribution < 1.29 is 5.11 Å². The van der Waals surface area contributed by atoms with Crippen LogP contribution < -0.4 is 0 Å². The predicted octanol–water partition coefficient (Wildman–Crippen LogP) is 1.84. The molecule has 0 bridgehead atoms. The summed E-state index contributed by atoms with van der Waals surface area (Å²) in [7, 11) is 0. The van der Waals surface area contributed by atoms with Crippen molar-refractivity contribution in [2.45, 2.75) is 44.6 Å². The van der Waals surface area contributed by atoms with Crippen molar-refractivity contribution in [1.82, 2.24) is 0 Å². The molecule has 1 aliphatic rings. The maximum Gasteiger partial charge on any atom is 0.0621 e. The first-order valence-electron chi connectivity index (χ1n) is 4.38. The highest BCUT2D eigenvalue weighted by Crippen LogP contribution is 2.27. The van der Waals surface area contributed by atoms with Crippen molar-refractivity contribution in [2.75, 3.05) is 0 Å². The van der Waals surface area contributed by atoms with Gasteiger partial charge in [-0.15, -0.1) is 0 Å². The molecule has 0 atom stereocenters. The molecule has 0 unspecified atom stereocenters. The van der Waals surface area contributed by atoms with Crippen LogP contribution in [-0.4, -0.2) is 11.2 Å². The summed E-state index contributed by atoms with van der Waals surface area (Å²) in [6, 6.07) is 2.16. The van der Waals surface area contributed by atoms with Crippen LogP contribution in [0.3, 0.4) is 0 Å². The number of hydrogen-bond donors (Lipinski definition) is 1. The Hall–Kier alpha value is -0.550. The van der Waals surface area contributed by atoms with E-state index in [4.69, 9.17) is 5.26 Å². The quantitative estimate of drug-likeness (QED) is 0.657. The Morgan fingerprint density at radius 3 is 2.45 bits per heavy atom. The molecule has 1 aliphatic carbocycles. The zero-order valence-electron chi connectivity index (χ0n) is 6.79. The molecule has 0 saturated heterocycles. The molecule has 0 aromatic heterocycles. The van der Waals surface area contributed by atoms with Gasteiger partial charge in [-0.2, -0.15) is 5.26 Å². The Bertz CT molecular complexity index is 142. The van der Waals surface area contributed by atoms with E-state index in [9.17, 15) is 5.11 Å². The molecule has 0 amide bonds. The van der Waals surface area contributed by atoms with Crippen LogP contribution in [0.5, 0.6) is 0 Å². The second-order valence-electron chi connectivity index (χ2n) is 3.37. The molecular formula is C9H15NO. The van der Waals surface area contributed by atoms with Gasteiger partial charge in [0.1, 0.15) is 0 Å². The molecule has 0 aromatic carbocycles. The van der Waals surface area contributed by atoms with Crippen LogP contribution in [0.1, 0.15) is 38.5 Å². The summed E-state index contributed by atoms with van der Waals surface area (Å²) in [4.78, 5) is 0. The minimum Gasteiger partial charge on any atom is -0.393 e. The van der Waals surface area contributed by atoms with E-state index in [0.29, 0.717) is 12.3 Å². The fraction of sp³-hybridized carbons (Fsp3) is 0.889. The first kappa shape index (κ1) is 8.55. The zero-order chi connectivity index (χ0) is 8.10. The topological polar surface area (TPSA) is 44.0 Å². The summed E-state index contributed by atoms with van der Waals surface area (Å²) in [5.74, 6) is 0.707. The molecule has 0 radical (unpaired) electrons. The van der Waals surface area contributed by atoms with Crippen LogP contribution in [0.4, 0.5) is 0 Å². The summed E-state index contributed by atoms with van der Waals surface area (Å²) in [6.45, 7) is 0. The van der Waals surface area contributed by atoms with Gasteiger partial charge in [-0.25, -0.2) is 0 Å². The number of aliphatic hydroxyl groups excluding tert-OH is 1. The van der Waals surface area contributed by atoms with Gasteiger partial charge in [-0.1, -0.05) is 0 Å². The number of rotatable bonds is 2. The molecule has 1 rings (SSSR count). The summed E-state index contributed by atoms with van der Waals surface area (Å²) in [6.07, 6.45) is 5.76. The molecule has 2 heteroatoms. The van der Waals surface area contributed by atoms with Crippen molar-refractivity contribution in [3.05, 3.63) is 0 Å². The van der Waals surface area contributed by atoms with Crippen LogP contribution in [0.15, 0.2) is 0 Å². The first-order chi connectivity index (χ1) is 5.33. The van der Waals surface area contributed by atoms with Crippen molar-refractivity contribution in [2.24, 2.45) is 5.92 Å². The zero-order valence-corrected chi connectivity index (χ0v) is 6.79. The van der Waals surface area contributed by atoms with Crippen LogP contribution in [0.25, 0.3) is 0 Å². The second-order valence-corrected chi connectivity index (χ2v) is 3.37. The lowest BCUT2D eigenvalue weighted by molar-refractivity contribution is 0.107. The van der Waals surface area contributed by atoms with Gasteiger partial charge in [0.25, 0.3) is 0 Å². The average Bonchev–Trinajstić information content (AvgIpc) is 2.04. The molecule has 62 valence electrons. The summed E-state index contributed by atoms with van der Waals surface area (Å²) >= 11 is 0. The molecule has 1 saturated carbocycles. The van der Waals surface area contributed by atoms with E-state index in [1.54, 1.807) is 0 Å². The highest BCUT2D eigenvalue weighted by Gasteiger charge is 2.18. The van der Waals surface area contributed by atoms with Gasteiger partial charge < -0.3 is 5.11 Å². The smallest absolute Gasteiger partial charge is 0.0621 e. The molecule has 0 heterocycles. The van der Waals surface area contributed by atoms with Gasteiger partial charge in [0, 0.05) is 6.42 Å². The van der Waals surface area contributed by atoms with Gasteiger partial charge in [0.15, 0.2) is 0 Å². The summed E-state index contributed by atoms with van der Waals surface area (Å²) < 4.78 is 0. The molecule has 0 aliphatic heterocycles. The Labute approximate surface area is 67.8 Å². The molecule has 0 aromatic rings. The van der Waals surface area contributed by atoms with E-state index in [0.717, 1.165) is 32.1 Å². The minimum absolute atomic E-state index is 0.0617. The second kappa shape index (κ2) is 4.35. The van der Waals surface area contributed by atoms with Crippen molar-refractivity contribution in [3.8, 4) is 6.07 Å². The van der Waals surface area contributed by atoms with E-state index in [2.05, 4.69) is 6.07 Å². The fourth-order valence-electron chi connectivity index (χ4n) is 1.70. The summed E-state index contributed by atoms with van der Waals surface area (Å²) in [5.41, 5.74) is 0. The number of nitrogens with zero attached hydrogens (tertiary/aromatic N) is 1. The fourth-order valence-corrected chi connectivity index (χ4v) is 1.70. The van der Waals surface area contributed by atoms with E-state index in [1.165, 1.54) is 0 Å². The Kier molecular flexibility index (Phi) is 3.38. The van der Waals surface area contributed by atoms with Crippen LogP contribution in [0.2, 0.25) is 0 Å². The van der Waals surface area contributed by atoms with Crippen molar-refractivity contribution in [3.63, 3.8) is 0 Å². The molecule has 1 N–H and O–H groups in total. The lowest BCUT2D eigenvalue weighted by Gasteiger charge is -2.24. The number of aliphatic hydroxyl groups is 1. The van der Waals surface area contributed by atoms with Gasteiger partial charge >= 0.3 is 0 Å². The molecular weight excluding hydrogens is 138 g/mol. The average molecular weight is 153 g/mol. The maximum absolute atomic E-state index is 9.19. The molecule has 0 spiro atoms. The third-order valence-corrected chi connectivity index (χ3v) is 2.48. The molecule has 2 nitrogen and oxygen atoms in total. The lowest BCUT2D eigenvalue weighted by atomic mass is 9.85. The highest BCUT2D eigenvalue weighted by atomic mass is 16.3. The monoisotopic (exact) mass is 153 g/mol. The highest BCUT2D eigenvalue weighted by molar-refractivity contribution is 4.76. The molecule has 1 fully saturated rings. The largest absolute Gasteiger partial charge is 0.393 e. The summed E-state index contributed by atoms with van der Waals surface area (Å²) in [5, 5.41) is 17.5. The Morgan fingerprint density at radius 2 is 1.91 bits per heavy atom. The van der Waals surface area contributed by atoms with Gasteiger partial charge in [-0.05, 0) is 38.0 Å². The maximum atomic E-state index is 9.19. The Morgan fingerprint density at radius 1 is 1.27 bits per heavy atom. The Balaban J connectivity index is 2.13. The minimum atomic E-state index is -0.0617. The van der Waals surface area contributed by atoms with Crippen LogP contribution in [0, 0.1) is 17.2 Å². The predicted molar refractivity (Wildman–Crippen MR) is 42.8 cm³/mol. The van der Waals surface area contributed by atoms with Gasteiger partial charge in [-0.3, -0.25) is 0 Å². The van der Waals surface area contributed by atoms with Gasteiger partial charge in [0.05, 0.1) is 12.2 Å². The standard InChI is InChI=1S/C9H15NO/c10-7-1-2-8-3-5-9(11)6-4-8/h8-9,11H,1-6H2/t8-,9-. The lowest BCUT2D eigenvalue weighted by Crippen LogP contribution is -2.17. The van der Waals surface area contributed by atoms with E-state index >= 15 is 0 Å². The van der Waals surface area contributed by atoms with Crippen LogP contribution in [-0.2, 0) is 0 Å². The van der Waals surface area contributed by atoms with E-state index in [-0.39, 0.29) is 6.10 Å². The van der Waals surface area contributed by atoms with E-state index in [1.807, 2.05) is 0 Å². The third kappa shape index (κ3) is 2.90. The van der Waals surface area contributed by atoms with Gasteiger partial charge in [0.2, 0.25) is 0 Å².